The van der Waals surface area contributed by atoms with Crippen molar-refractivity contribution in [3.05, 3.63) is 46.9 Å². The number of pyridine rings is 1. The van der Waals surface area contributed by atoms with Crippen LogP contribution in [0.1, 0.15) is 45.0 Å². The number of hydrogen-bond donors (Lipinski definition) is 0. The number of aromatic nitrogens is 3. The fourth-order valence-corrected chi connectivity index (χ4v) is 2.05. The molecule has 0 spiro atoms. The first-order valence-corrected chi connectivity index (χ1v) is 6.69. The first-order valence-electron chi connectivity index (χ1n) is 6.69. The van der Waals surface area contributed by atoms with E-state index in [1.54, 1.807) is 0 Å². The second kappa shape index (κ2) is 5.83. The Kier molecular flexibility index (Phi) is 4.15. The van der Waals surface area contributed by atoms with Gasteiger partial charge in [0.2, 0.25) is 0 Å². The van der Waals surface area contributed by atoms with Gasteiger partial charge in [-0.15, -0.1) is 10.2 Å². The lowest BCUT2D eigenvalue weighted by atomic mass is 10.1. The monoisotopic (exact) mass is 255 g/mol. The van der Waals surface area contributed by atoms with Crippen LogP contribution >= 0.6 is 0 Å². The summed E-state index contributed by atoms with van der Waals surface area (Å²) in [5.41, 5.74) is 4.78. The summed E-state index contributed by atoms with van der Waals surface area (Å²) in [4.78, 5) is 0. The van der Waals surface area contributed by atoms with E-state index in [4.69, 9.17) is 0 Å². The SMILES string of the molecule is CC(C)=CCC/C(C)=C\c1nnc2c(C)cccn12. The highest BCUT2D eigenvalue weighted by atomic mass is 15.2. The van der Waals surface area contributed by atoms with Crippen LogP contribution in [-0.4, -0.2) is 14.6 Å². The highest BCUT2D eigenvalue weighted by molar-refractivity contribution is 5.53. The summed E-state index contributed by atoms with van der Waals surface area (Å²) in [6.07, 6.45) is 8.55. The van der Waals surface area contributed by atoms with Crippen LogP contribution in [0.5, 0.6) is 0 Å². The van der Waals surface area contributed by atoms with E-state index in [1.165, 1.54) is 11.1 Å². The Hall–Kier alpha value is -1.90. The molecule has 0 radical (unpaired) electrons. The van der Waals surface area contributed by atoms with Gasteiger partial charge in [-0.3, -0.25) is 4.40 Å². The minimum absolute atomic E-state index is 0.911. The van der Waals surface area contributed by atoms with Gasteiger partial charge in [0, 0.05) is 6.20 Å². The van der Waals surface area contributed by atoms with Crippen LogP contribution in [0.25, 0.3) is 11.7 Å². The average Bonchev–Trinajstić information content (AvgIpc) is 2.73. The molecule has 0 saturated carbocycles. The van der Waals surface area contributed by atoms with Crippen molar-refractivity contribution in [1.29, 1.82) is 0 Å². The van der Waals surface area contributed by atoms with Gasteiger partial charge in [0.05, 0.1) is 0 Å². The third-order valence-electron chi connectivity index (χ3n) is 3.12. The van der Waals surface area contributed by atoms with Crippen LogP contribution < -0.4 is 0 Å². The molecule has 0 amide bonds. The average molecular weight is 255 g/mol. The molecule has 0 aliphatic heterocycles. The van der Waals surface area contributed by atoms with Gasteiger partial charge >= 0.3 is 0 Å². The lowest BCUT2D eigenvalue weighted by molar-refractivity contribution is 0.968. The van der Waals surface area contributed by atoms with Gasteiger partial charge in [-0.1, -0.05) is 23.3 Å². The van der Waals surface area contributed by atoms with Crippen molar-refractivity contribution in [2.75, 3.05) is 0 Å². The molecule has 2 rings (SSSR count). The molecule has 0 unspecified atom stereocenters. The number of allylic oxidation sites excluding steroid dienone is 3. The number of hydrogen-bond acceptors (Lipinski definition) is 2. The second-order valence-corrected chi connectivity index (χ2v) is 5.25. The van der Waals surface area contributed by atoms with Crippen molar-refractivity contribution < 1.29 is 0 Å². The highest BCUT2D eigenvalue weighted by Crippen LogP contribution is 2.14. The van der Waals surface area contributed by atoms with E-state index in [0.717, 1.165) is 29.9 Å². The zero-order valence-electron chi connectivity index (χ0n) is 12.1. The molecule has 0 N–H and O–H groups in total. The van der Waals surface area contributed by atoms with Crippen molar-refractivity contribution >= 4 is 11.7 Å². The van der Waals surface area contributed by atoms with Crippen molar-refractivity contribution in [3.63, 3.8) is 0 Å². The molecule has 19 heavy (non-hydrogen) atoms. The predicted octanol–water partition coefficient (Wildman–Crippen LogP) is 4.19. The van der Waals surface area contributed by atoms with Gasteiger partial charge < -0.3 is 0 Å². The van der Waals surface area contributed by atoms with Crippen LogP contribution in [0, 0.1) is 6.92 Å². The number of fused-ring (bicyclic) bond motifs is 1. The lowest BCUT2D eigenvalue weighted by Gasteiger charge is -2.00. The summed E-state index contributed by atoms with van der Waals surface area (Å²) in [6, 6.07) is 4.08. The molecular formula is C16H21N3. The van der Waals surface area contributed by atoms with Crippen molar-refractivity contribution in [3.8, 4) is 0 Å². The van der Waals surface area contributed by atoms with Crippen LogP contribution in [0.3, 0.4) is 0 Å². The van der Waals surface area contributed by atoms with Crippen molar-refractivity contribution in [2.24, 2.45) is 0 Å². The molecular weight excluding hydrogens is 234 g/mol. The van der Waals surface area contributed by atoms with Crippen LogP contribution in [0.15, 0.2) is 35.6 Å². The molecule has 3 nitrogen and oxygen atoms in total. The Labute approximate surface area is 114 Å². The van der Waals surface area contributed by atoms with Gasteiger partial charge in [0.25, 0.3) is 0 Å². The molecule has 2 aromatic rings. The largest absolute Gasteiger partial charge is 0.283 e. The van der Waals surface area contributed by atoms with E-state index in [2.05, 4.69) is 56.1 Å². The molecule has 2 heterocycles. The summed E-state index contributed by atoms with van der Waals surface area (Å²) in [7, 11) is 0. The lowest BCUT2D eigenvalue weighted by Crippen LogP contribution is -1.90. The van der Waals surface area contributed by atoms with Crippen molar-refractivity contribution in [2.45, 2.75) is 40.5 Å². The van der Waals surface area contributed by atoms with E-state index >= 15 is 0 Å². The molecule has 0 atom stereocenters. The predicted molar refractivity (Wildman–Crippen MR) is 80.0 cm³/mol. The van der Waals surface area contributed by atoms with Crippen LogP contribution in [0.4, 0.5) is 0 Å². The minimum Gasteiger partial charge on any atom is -0.283 e. The first kappa shape index (κ1) is 13.5. The minimum atomic E-state index is 0.911. The van der Waals surface area contributed by atoms with E-state index in [9.17, 15) is 0 Å². The van der Waals surface area contributed by atoms with Gasteiger partial charge in [-0.2, -0.15) is 0 Å². The molecule has 0 fully saturated rings. The molecule has 0 aromatic carbocycles. The number of aryl methyl sites for hydroxylation is 1. The van der Waals surface area contributed by atoms with Crippen LogP contribution in [-0.2, 0) is 0 Å². The fourth-order valence-electron chi connectivity index (χ4n) is 2.05. The first-order chi connectivity index (χ1) is 9.08. The summed E-state index contributed by atoms with van der Waals surface area (Å²) >= 11 is 0. The Balaban J connectivity index is 2.21. The summed E-state index contributed by atoms with van der Waals surface area (Å²) in [6.45, 7) is 8.47. The molecule has 0 saturated heterocycles. The standard InChI is InChI=1S/C16H21N3/c1-12(2)7-5-8-13(3)11-15-17-18-16-14(4)9-6-10-19(15)16/h6-7,9-11H,5,8H2,1-4H3/b13-11-. The maximum absolute atomic E-state index is 4.26. The quantitative estimate of drug-likeness (QED) is 0.767. The Morgan fingerprint density at radius 2 is 2.05 bits per heavy atom. The van der Waals surface area contributed by atoms with Crippen LogP contribution in [0.2, 0.25) is 0 Å². The zero-order chi connectivity index (χ0) is 13.8. The van der Waals surface area contributed by atoms with Gasteiger partial charge in [-0.25, -0.2) is 0 Å². The van der Waals surface area contributed by atoms with Gasteiger partial charge in [-0.05, 0) is 58.2 Å². The number of rotatable bonds is 4. The third-order valence-corrected chi connectivity index (χ3v) is 3.12. The molecule has 0 aliphatic rings. The van der Waals surface area contributed by atoms with E-state index in [-0.39, 0.29) is 0 Å². The third kappa shape index (κ3) is 3.31. The van der Waals surface area contributed by atoms with E-state index in [1.807, 2.05) is 16.7 Å². The summed E-state index contributed by atoms with van der Waals surface area (Å²) < 4.78 is 2.04. The van der Waals surface area contributed by atoms with Gasteiger partial charge in [0.15, 0.2) is 11.5 Å². The summed E-state index contributed by atoms with van der Waals surface area (Å²) in [5.74, 6) is 0.911. The normalized spacial score (nSPS) is 11.9. The maximum Gasteiger partial charge on any atom is 0.163 e. The van der Waals surface area contributed by atoms with Crippen molar-refractivity contribution in [1.82, 2.24) is 14.6 Å². The highest BCUT2D eigenvalue weighted by Gasteiger charge is 2.04. The maximum atomic E-state index is 4.26. The smallest absolute Gasteiger partial charge is 0.163 e. The fraction of sp³-hybridized carbons (Fsp3) is 0.375. The van der Waals surface area contributed by atoms with E-state index in [0.29, 0.717) is 0 Å². The molecule has 0 aliphatic carbocycles. The Morgan fingerprint density at radius 3 is 2.79 bits per heavy atom. The molecule has 0 bridgehead atoms. The molecule has 3 heteroatoms. The Morgan fingerprint density at radius 1 is 1.26 bits per heavy atom. The Bertz CT molecular complexity index is 628. The number of nitrogens with zero attached hydrogens (tertiary/aromatic N) is 3. The van der Waals surface area contributed by atoms with Gasteiger partial charge in [0.1, 0.15) is 0 Å². The topological polar surface area (TPSA) is 30.2 Å². The van der Waals surface area contributed by atoms with E-state index < -0.39 is 0 Å². The molecule has 100 valence electrons. The zero-order valence-corrected chi connectivity index (χ0v) is 12.1. The molecule has 2 aromatic heterocycles. The second-order valence-electron chi connectivity index (χ2n) is 5.25. The summed E-state index contributed by atoms with van der Waals surface area (Å²) in [5, 5.41) is 8.50.